The van der Waals surface area contributed by atoms with E-state index in [4.69, 9.17) is 14.2 Å². The molecular formula is C31H28N2O6. The van der Waals surface area contributed by atoms with E-state index >= 15 is 0 Å². The van der Waals surface area contributed by atoms with Crippen LogP contribution in [-0.2, 0) is 25.6 Å². The van der Waals surface area contributed by atoms with Gasteiger partial charge in [-0.25, -0.2) is 4.79 Å². The molecule has 0 saturated heterocycles. The van der Waals surface area contributed by atoms with Gasteiger partial charge in [-0.1, -0.05) is 32.0 Å². The number of aromatic nitrogens is 2. The number of para-hydroxylation sites is 1. The molecule has 0 fully saturated rings. The first kappa shape index (κ1) is 24.7. The Morgan fingerprint density at radius 3 is 2.33 bits per heavy atom. The molecule has 0 N–H and O–H groups in total. The maximum absolute atomic E-state index is 14.2. The lowest BCUT2D eigenvalue weighted by molar-refractivity contribution is -0.147. The highest BCUT2D eigenvalue weighted by molar-refractivity contribution is 5.98. The molecule has 0 unspecified atom stereocenters. The van der Waals surface area contributed by atoms with Gasteiger partial charge in [0.25, 0.3) is 5.56 Å². The minimum absolute atomic E-state index is 0.135. The van der Waals surface area contributed by atoms with Crippen molar-refractivity contribution in [2.45, 2.75) is 20.4 Å². The number of ether oxygens (including phenoxy) is 3. The lowest BCUT2D eigenvalue weighted by Crippen LogP contribution is -2.39. The van der Waals surface area contributed by atoms with Crippen molar-refractivity contribution >= 4 is 34.5 Å². The van der Waals surface area contributed by atoms with E-state index in [0.29, 0.717) is 11.0 Å². The van der Waals surface area contributed by atoms with Crippen molar-refractivity contribution in [2.24, 2.45) is 11.3 Å². The summed E-state index contributed by atoms with van der Waals surface area (Å²) in [7, 11) is 4.22. The molecule has 39 heavy (non-hydrogen) atoms. The van der Waals surface area contributed by atoms with Crippen LogP contribution in [0.25, 0.3) is 28.2 Å². The number of esters is 2. The molecule has 198 valence electrons. The normalized spacial score (nSPS) is 17.3. The summed E-state index contributed by atoms with van der Waals surface area (Å²) in [6, 6.07) is 15.1. The Morgan fingerprint density at radius 2 is 1.67 bits per heavy atom. The van der Waals surface area contributed by atoms with Crippen LogP contribution in [0.15, 0.2) is 65.0 Å². The standard InChI is InChI=1S/C31H28N2O6/c1-31(2)15-24-26-25(28(34)33(24)17-10-12-18(37-3)13-11-17)19-8-6-7-9-23(19)32-16-21(30(36)39-5)20(29(35)38-4)14-22(31)27(26)32/h6-15,21H,16H2,1-5H3/t21-/m1/s1. The van der Waals surface area contributed by atoms with Crippen LogP contribution in [0.4, 0.5) is 0 Å². The van der Waals surface area contributed by atoms with Gasteiger partial charge in [0.05, 0.1) is 42.8 Å². The second kappa shape index (κ2) is 8.73. The van der Waals surface area contributed by atoms with Gasteiger partial charge >= 0.3 is 11.9 Å². The molecule has 1 aliphatic carbocycles. The minimum Gasteiger partial charge on any atom is -0.497 e. The molecule has 2 aromatic rings. The third kappa shape index (κ3) is 3.47. The van der Waals surface area contributed by atoms with Crippen LogP contribution in [0.3, 0.4) is 0 Å². The van der Waals surface area contributed by atoms with Crippen LogP contribution in [0, 0.1) is 21.8 Å². The van der Waals surface area contributed by atoms with Gasteiger partial charge in [0.1, 0.15) is 11.7 Å². The van der Waals surface area contributed by atoms with Crippen LogP contribution in [-0.4, -0.2) is 42.4 Å². The zero-order valence-electron chi connectivity index (χ0n) is 22.4. The van der Waals surface area contributed by atoms with Gasteiger partial charge < -0.3 is 18.8 Å². The van der Waals surface area contributed by atoms with E-state index in [-0.39, 0.29) is 17.7 Å². The number of carbonyl (C=O) groups is 2. The zero-order chi connectivity index (χ0) is 27.6. The quantitative estimate of drug-likeness (QED) is 0.381. The average Bonchev–Trinajstić information content (AvgIpc) is 3.10. The highest BCUT2D eigenvalue weighted by Gasteiger charge is 2.37. The van der Waals surface area contributed by atoms with E-state index in [1.54, 1.807) is 17.8 Å². The first-order chi connectivity index (χ1) is 18.7. The Kier molecular flexibility index (Phi) is 5.53. The fraction of sp³-hybridized carbons (Fsp3) is 0.258. The second-order valence-electron chi connectivity index (χ2n) is 10.4. The first-order valence-corrected chi connectivity index (χ1v) is 12.7. The molecule has 0 spiro atoms. The van der Waals surface area contributed by atoms with E-state index in [9.17, 15) is 14.4 Å². The smallest absolute Gasteiger partial charge is 0.334 e. The monoisotopic (exact) mass is 524 g/mol. The Bertz CT molecular complexity index is 1980. The van der Waals surface area contributed by atoms with Crippen molar-refractivity contribution in [1.82, 2.24) is 9.13 Å². The lowest BCUT2D eigenvalue weighted by atomic mass is 9.79. The topological polar surface area (TPSA) is 88.8 Å². The van der Waals surface area contributed by atoms with Gasteiger partial charge in [-0.05, 0) is 48.1 Å². The second-order valence-corrected chi connectivity index (χ2v) is 10.4. The third-order valence-corrected chi connectivity index (χ3v) is 7.86. The molecular weight excluding hydrogens is 496 g/mol. The summed E-state index contributed by atoms with van der Waals surface area (Å²) in [4.78, 5) is 40.3. The number of hydrogen-bond acceptors (Lipinski definition) is 6. The summed E-state index contributed by atoms with van der Waals surface area (Å²) in [5, 5.41) is 3.73. The fourth-order valence-electron chi connectivity index (χ4n) is 6.01. The number of allylic oxidation sites excluding steroid dienone is 1. The van der Waals surface area contributed by atoms with Gasteiger partial charge in [0, 0.05) is 33.8 Å². The van der Waals surface area contributed by atoms with E-state index in [1.807, 2.05) is 62.4 Å². The summed E-state index contributed by atoms with van der Waals surface area (Å²) in [6.07, 6.45) is 3.82. The molecule has 0 amide bonds. The maximum Gasteiger partial charge on any atom is 0.334 e. The number of nitrogens with zero attached hydrogens (tertiary/aromatic N) is 2. The highest BCUT2D eigenvalue weighted by Crippen LogP contribution is 2.36. The van der Waals surface area contributed by atoms with Crippen molar-refractivity contribution in [3.05, 3.63) is 91.7 Å². The van der Waals surface area contributed by atoms with E-state index in [0.717, 1.165) is 38.1 Å². The van der Waals surface area contributed by atoms with Crippen molar-refractivity contribution in [3.8, 4) is 11.4 Å². The Labute approximate surface area is 223 Å². The van der Waals surface area contributed by atoms with E-state index in [2.05, 4.69) is 10.6 Å². The molecule has 0 saturated carbocycles. The zero-order valence-corrected chi connectivity index (χ0v) is 22.4. The fourth-order valence-corrected chi connectivity index (χ4v) is 6.01. The largest absolute Gasteiger partial charge is 0.497 e. The predicted molar refractivity (Wildman–Crippen MR) is 146 cm³/mol. The molecule has 8 heteroatoms. The number of carbonyl (C=O) groups excluding carboxylic acids is 2. The SMILES string of the molecule is COC(=O)C1=CC2=c3c4c(n(-c5ccc(OC)cc5)c(=O)c=4c4ccccc4n3C[C@H]1C(=O)OC)=CC2(C)C. The van der Waals surface area contributed by atoms with Crippen LogP contribution in [0.2, 0.25) is 0 Å². The van der Waals surface area contributed by atoms with E-state index < -0.39 is 23.3 Å². The summed E-state index contributed by atoms with van der Waals surface area (Å²) >= 11 is 0. The van der Waals surface area contributed by atoms with Gasteiger partial charge in [0.2, 0.25) is 0 Å². The summed E-state index contributed by atoms with van der Waals surface area (Å²) in [5.41, 5.74) is 1.82. The van der Waals surface area contributed by atoms with Crippen molar-refractivity contribution in [2.75, 3.05) is 21.3 Å². The number of fused-ring (bicyclic) bond motifs is 3. The Hall–Kier alpha value is -4.59. The highest BCUT2D eigenvalue weighted by atomic mass is 16.5. The van der Waals surface area contributed by atoms with Crippen molar-refractivity contribution in [1.29, 1.82) is 0 Å². The van der Waals surface area contributed by atoms with Crippen LogP contribution in [0.5, 0.6) is 5.75 Å². The predicted octanol–water partition coefficient (Wildman–Crippen LogP) is 2.40. The van der Waals surface area contributed by atoms with Gasteiger partial charge in [-0.3, -0.25) is 14.2 Å². The molecule has 0 aromatic heterocycles. The number of hydrogen-bond donors (Lipinski definition) is 0. The average molecular weight is 525 g/mol. The molecule has 2 aromatic carbocycles. The van der Waals surface area contributed by atoms with E-state index in [1.165, 1.54) is 14.2 Å². The summed E-state index contributed by atoms with van der Waals surface area (Å²) in [5.74, 6) is -1.32. The molecule has 3 heterocycles. The molecule has 1 atom stereocenters. The van der Waals surface area contributed by atoms with Crippen LogP contribution in [0.1, 0.15) is 13.8 Å². The minimum atomic E-state index is -0.891. The summed E-state index contributed by atoms with van der Waals surface area (Å²) in [6.45, 7) is 4.23. The van der Waals surface area contributed by atoms with Gasteiger partial charge in [-0.2, -0.15) is 0 Å². The van der Waals surface area contributed by atoms with Crippen LogP contribution >= 0.6 is 0 Å². The Morgan fingerprint density at radius 1 is 0.949 bits per heavy atom. The number of rotatable bonds is 4. The van der Waals surface area contributed by atoms with Crippen LogP contribution < -0.4 is 21.0 Å². The molecule has 4 aliphatic rings. The Balaban J connectivity index is 1.87. The van der Waals surface area contributed by atoms with Crippen molar-refractivity contribution < 1.29 is 23.8 Å². The number of benzene rings is 2. The van der Waals surface area contributed by atoms with Gasteiger partial charge in [-0.15, -0.1) is 0 Å². The maximum atomic E-state index is 14.2. The molecule has 0 radical (unpaired) electrons. The molecule has 3 aliphatic heterocycles. The number of methoxy groups -OCH3 is 3. The molecule has 0 bridgehead atoms. The lowest BCUT2D eigenvalue weighted by Gasteiger charge is -2.26. The molecule has 6 rings (SSSR count). The van der Waals surface area contributed by atoms with Gasteiger partial charge in [0.15, 0.2) is 0 Å². The molecule has 8 nitrogen and oxygen atoms in total. The summed E-state index contributed by atoms with van der Waals surface area (Å²) < 4.78 is 19.4. The van der Waals surface area contributed by atoms with Crippen molar-refractivity contribution in [3.63, 3.8) is 0 Å². The third-order valence-electron chi connectivity index (χ3n) is 7.86. The first-order valence-electron chi connectivity index (χ1n) is 12.7.